The van der Waals surface area contributed by atoms with Gasteiger partial charge in [-0.1, -0.05) is 72.9 Å². The van der Waals surface area contributed by atoms with E-state index >= 15 is 0 Å². The first-order chi connectivity index (χ1) is 10.6. The van der Waals surface area contributed by atoms with Crippen molar-refractivity contribution in [1.29, 1.82) is 0 Å². The van der Waals surface area contributed by atoms with Crippen LogP contribution in [0.5, 0.6) is 0 Å². The van der Waals surface area contributed by atoms with Crippen LogP contribution in [0.25, 0.3) is 11.1 Å². The maximum Gasteiger partial charge on any atom is 0.138 e. The van der Waals surface area contributed by atoms with Gasteiger partial charge in [0, 0.05) is 6.17 Å². The molecule has 22 heavy (non-hydrogen) atoms. The minimum atomic E-state index is -1.58. The second-order valence-corrected chi connectivity index (χ2v) is 11.0. The zero-order chi connectivity index (χ0) is 15.6. The first-order valence-corrected chi connectivity index (χ1v) is 10.8. The summed E-state index contributed by atoms with van der Waals surface area (Å²) in [5, 5.41) is 5.78. The predicted molar refractivity (Wildman–Crippen MR) is 93.8 cm³/mol. The summed E-state index contributed by atoms with van der Waals surface area (Å²) in [6.45, 7) is 6.77. The molecule has 0 radical (unpaired) electrons. The predicted octanol–water partition coefficient (Wildman–Crippen LogP) is 3.41. The molecule has 4 heteroatoms. The second-order valence-electron chi connectivity index (χ2n) is 6.29. The Kier molecular flexibility index (Phi) is 3.94. The van der Waals surface area contributed by atoms with Crippen molar-refractivity contribution in [2.75, 3.05) is 0 Å². The highest BCUT2D eigenvalue weighted by Gasteiger charge is 2.25. The summed E-state index contributed by atoms with van der Waals surface area (Å²) in [6, 6.07) is 19.5. The van der Waals surface area contributed by atoms with Gasteiger partial charge in [-0.2, -0.15) is 5.10 Å². The third kappa shape index (κ3) is 3.02. The fourth-order valence-corrected chi connectivity index (χ4v) is 5.00. The highest BCUT2D eigenvalue weighted by molar-refractivity contribution is 6.88. The minimum Gasteiger partial charge on any atom is -0.253 e. The van der Waals surface area contributed by atoms with E-state index in [0.717, 1.165) is 12.0 Å². The monoisotopic (exact) mass is 307 g/mol. The highest BCUT2D eigenvalue weighted by Crippen LogP contribution is 2.18. The first kappa shape index (κ1) is 14.7. The average Bonchev–Trinajstić information content (AvgIpc) is 2.93. The van der Waals surface area contributed by atoms with Gasteiger partial charge in [-0.25, -0.2) is 4.98 Å². The number of hydrogen-bond donors (Lipinski definition) is 0. The fourth-order valence-electron chi connectivity index (χ4n) is 2.69. The van der Waals surface area contributed by atoms with Crippen LogP contribution in [0, 0.1) is 6.92 Å². The van der Waals surface area contributed by atoms with Gasteiger partial charge < -0.3 is 0 Å². The molecular weight excluding hydrogens is 286 g/mol. The van der Waals surface area contributed by atoms with Gasteiger partial charge in [0.1, 0.15) is 20.2 Å². The maximum absolute atomic E-state index is 4.33. The molecule has 112 valence electrons. The first-order valence-electron chi connectivity index (χ1n) is 7.57. The van der Waals surface area contributed by atoms with E-state index in [0.29, 0.717) is 0 Å². The van der Waals surface area contributed by atoms with Crippen LogP contribution in [-0.2, 0) is 6.17 Å². The summed E-state index contributed by atoms with van der Waals surface area (Å²) in [4.78, 5) is 4.22. The van der Waals surface area contributed by atoms with Gasteiger partial charge in [-0.3, -0.25) is 4.68 Å². The van der Waals surface area contributed by atoms with Gasteiger partial charge in [-0.05, 0) is 18.1 Å². The van der Waals surface area contributed by atoms with Gasteiger partial charge in [-0.15, -0.1) is 0 Å². The number of rotatable bonds is 4. The molecule has 1 heterocycles. The zero-order valence-corrected chi connectivity index (χ0v) is 14.3. The number of aromatic nitrogens is 3. The lowest BCUT2D eigenvalue weighted by Crippen LogP contribution is -2.46. The molecule has 0 aliphatic carbocycles. The molecule has 0 atom stereocenters. The van der Waals surface area contributed by atoms with Gasteiger partial charge in [0.15, 0.2) is 0 Å². The molecule has 0 spiro atoms. The van der Waals surface area contributed by atoms with Gasteiger partial charge in [0.25, 0.3) is 0 Å². The Balaban J connectivity index is 1.84. The molecule has 2 aromatic carbocycles. The van der Waals surface area contributed by atoms with Crippen molar-refractivity contribution in [2.24, 2.45) is 0 Å². The minimum absolute atomic E-state index is 0.962. The Morgan fingerprint density at radius 1 is 0.909 bits per heavy atom. The number of hydrogen-bond acceptors (Lipinski definition) is 2. The molecule has 3 nitrogen and oxygen atoms in total. The summed E-state index contributed by atoms with van der Waals surface area (Å²) >= 11 is 0. The van der Waals surface area contributed by atoms with E-state index in [1.165, 1.54) is 16.3 Å². The molecule has 0 aliphatic heterocycles. The fraction of sp³-hybridized carbons (Fsp3) is 0.222. The normalized spacial score (nSPS) is 11.6. The Morgan fingerprint density at radius 2 is 1.55 bits per heavy atom. The highest BCUT2D eigenvalue weighted by atomic mass is 28.3. The Labute approximate surface area is 132 Å². The van der Waals surface area contributed by atoms with Gasteiger partial charge in [0.2, 0.25) is 0 Å². The van der Waals surface area contributed by atoms with Gasteiger partial charge in [0.05, 0.1) is 0 Å². The third-order valence-corrected chi connectivity index (χ3v) is 7.11. The summed E-state index contributed by atoms with van der Waals surface area (Å²) in [5.41, 5.74) is 2.53. The molecule has 3 aromatic rings. The van der Waals surface area contributed by atoms with Crippen molar-refractivity contribution in [3.63, 3.8) is 0 Å². The summed E-state index contributed by atoms with van der Waals surface area (Å²) < 4.78 is 2.03. The van der Waals surface area contributed by atoms with E-state index in [-0.39, 0.29) is 0 Å². The number of benzene rings is 2. The second kappa shape index (κ2) is 5.89. The molecule has 0 saturated heterocycles. The molecule has 1 aromatic heterocycles. The zero-order valence-electron chi connectivity index (χ0n) is 13.3. The SMILES string of the molecule is Cc1ncnn1C[Si](C)(C)c1ccc(-c2ccccc2)cc1. The maximum atomic E-state index is 4.33. The van der Waals surface area contributed by atoms with E-state index in [9.17, 15) is 0 Å². The average molecular weight is 307 g/mol. The third-order valence-electron chi connectivity index (χ3n) is 4.13. The van der Waals surface area contributed by atoms with E-state index in [4.69, 9.17) is 0 Å². The van der Waals surface area contributed by atoms with Crippen molar-refractivity contribution >= 4 is 13.3 Å². The lowest BCUT2D eigenvalue weighted by atomic mass is 10.1. The lowest BCUT2D eigenvalue weighted by molar-refractivity contribution is 0.698. The van der Waals surface area contributed by atoms with E-state index in [2.05, 4.69) is 71.7 Å². The quantitative estimate of drug-likeness (QED) is 0.692. The standard InChI is InChI=1S/C18H21N3Si/c1-15-19-13-20-21(15)14-22(2,3)18-11-9-17(10-12-18)16-7-5-4-6-8-16/h4-13H,14H2,1-3H3. The molecule has 0 unspecified atom stereocenters. The summed E-state index contributed by atoms with van der Waals surface area (Å²) in [7, 11) is -1.58. The Morgan fingerprint density at radius 3 is 2.14 bits per heavy atom. The smallest absolute Gasteiger partial charge is 0.138 e. The molecule has 0 N–H and O–H groups in total. The van der Waals surface area contributed by atoms with Gasteiger partial charge >= 0.3 is 0 Å². The molecule has 0 bridgehead atoms. The van der Waals surface area contributed by atoms with Crippen LogP contribution < -0.4 is 5.19 Å². The molecule has 0 amide bonds. The van der Waals surface area contributed by atoms with Crippen molar-refractivity contribution in [3.8, 4) is 11.1 Å². The van der Waals surface area contributed by atoms with Crippen LogP contribution in [0.3, 0.4) is 0 Å². The number of aryl methyl sites for hydroxylation is 1. The van der Waals surface area contributed by atoms with Crippen molar-refractivity contribution < 1.29 is 0 Å². The Bertz CT molecular complexity index is 746. The molecule has 0 saturated carbocycles. The van der Waals surface area contributed by atoms with Crippen LogP contribution in [0.4, 0.5) is 0 Å². The van der Waals surface area contributed by atoms with E-state index in [1.807, 2.05) is 17.7 Å². The topological polar surface area (TPSA) is 30.7 Å². The van der Waals surface area contributed by atoms with Crippen molar-refractivity contribution in [3.05, 3.63) is 66.7 Å². The van der Waals surface area contributed by atoms with Crippen LogP contribution in [0.15, 0.2) is 60.9 Å². The largest absolute Gasteiger partial charge is 0.253 e. The summed E-state index contributed by atoms with van der Waals surface area (Å²) in [5.74, 6) is 0.987. The molecular formula is C18H21N3Si. The molecule has 0 aliphatic rings. The molecule has 0 fully saturated rings. The lowest BCUT2D eigenvalue weighted by Gasteiger charge is -2.23. The van der Waals surface area contributed by atoms with Crippen LogP contribution in [-0.4, -0.2) is 22.8 Å². The van der Waals surface area contributed by atoms with Crippen LogP contribution in [0.2, 0.25) is 13.1 Å². The van der Waals surface area contributed by atoms with E-state index < -0.39 is 8.07 Å². The molecule has 3 rings (SSSR count). The summed E-state index contributed by atoms with van der Waals surface area (Å²) in [6.07, 6.45) is 2.60. The van der Waals surface area contributed by atoms with E-state index in [1.54, 1.807) is 6.33 Å². The number of nitrogens with zero attached hydrogens (tertiary/aromatic N) is 3. The van der Waals surface area contributed by atoms with Crippen LogP contribution in [0.1, 0.15) is 5.82 Å². The van der Waals surface area contributed by atoms with Crippen LogP contribution >= 0.6 is 0 Å². The van der Waals surface area contributed by atoms with Crippen molar-refractivity contribution in [2.45, 2.75) is 26.2 Å². The Hall–Kier alpha value is -2.20. The van der Waals surface area contributed by atoms with Crippen molar-refractivity contribution in [1.82, 2.24) is 14.8 Å².